The van der Waals surface area contributed by atoms with Crippen LogP contribution < -0.4 is 11.1 Å². The molecule has 0 unspecified atom stereocenters. The van der Waals surface area contributed by atoms with Gasteiger partial charge in [0, 0.05) is 26.1 Å². The number of amides is 1. The van der Waals surface area contributed by atoms with Gasteiger partial charge in [0.25, 0.3) is 0 Å². The number of hydrogen-bond acceptors (Lipinski definition) is 7. The van der Waals surface area contributed by atoms with Gasteiger partial charge in [-0.25, -0.2) is 0 Å². The van der Waals surface area contributed by atoms with Crippen molar-refractivity contribution in [2.75, 3.05) is 38.2 Å². The second-order valence-corrected chi connectivity index (χ2v) is 3.88. The van der Waals surface area contributed by atoms with Crippen LogP contribution in [-0.4, -0.2) is 53.9 Å². The van der Waals surface area contributed by atoms with E-state index in [1.165, 1.54) is 0 Å². The van der Waals surface area contributed by atoms with Crippen LogP contribution in [0.5, 0.6) is 0 Å². The molecule has 2 rings (SSSR count). The minimum atomic E-state index is 0.101. The largest absolute Gasteiger partial charge is 0.407 e. The molecule has 0 aliphatic carbocycles. The molecule has 1 aliphatic heterocycles. The van der Waals surface area contributed by atoms with Gasteiger partial charge >= 0.3 is 6.01 Å². The van der Waals surface area contributed by atoms with Gasteiger partial charge in [0.05, 0.1) is 19.8 Å². The summed E-state index contributed by atoms with van der Waals surface area (Å²) in [6.07, 6.45) is 0.389. The lowest BCUT2D eigenvalue weighted by Crippen LogP contribution is -2.41. The van der Waals surface area contributed by atoms with Gasteiger partial charge in [-0.3, -0.25) is 4.79 Å². The Bertz CT molecular complexity index is 389. The summed E-state index contributed by atoms with van der Waals surface area (Å²) in [5.41, 5.74) is 5.34. The molecule has 1 saturated heterocycles. The van der Waals surface area contributed by atoms with Gasteiger partial charge < -0.3 is 25.1 Å². The van der Waals surface area contributed by atoms with Gasteiger partial charge in [-0.05, 0) is 0 Å². The molecule has 0 bridgehead atoms. The van der Waals surface area contributed by atoms with E-state index >= 15 is 0 Å². The third-order valence-corrected chi connectivity index (χ3v) is 2.62. The third-order valence-electron chi connectivity index (χ3n) is 2.62. The van der Waals surface area contributed by atoms with Crippen LogP contribution >= 0.6 is 0 Å². The number of aromatic nitrogens is 2. The minimum absolute atomic E-state index is 0.101. The Kier molecular flexibility index (Phi) is 4.48. The zero-order valence-electron chi connectivity index (χ0n) is 10.1. The summed E-state index contributed by atoms with van der Waals surface area (Å²) >= 11 is 0. The highest BCUT2D eigenvalue weighted by Crippen LogP contribution is 2.05. The average Bonchev–Trinajstić information content (AvgIpc) is 2.87. The first-order valence-corrected chi connectivity index (χ1v) is 5.91. The summed E-state index contributed by atoms with van der Waals surface area (Å²) in [7, 11) is 0. The summed E-state index contributed by atoms with van der Waals surface area (Å²) in [6, 6.07) is 0.297. The monoisotopic (exact) mass is 255 g/mol. The quantitative estimate of drug-likeness (QED) is 0.708. The molecule has 0 saturated carbocycles. The van der Waals surface area contributed by atoms with Gasteiger partial charge in [0.1, 0.15) is 0 Å². The van der Waals surface area contributed by atoms with Crippen LogP contribution in [0.2, 0.25) is 0 Å². The Balaban J connectivity index is 1.69. The molecule has 1 aliphatic rings. The van der Waals surface area contributed by atoms with Crippen LogP contribution in [0.25, 0.3) is 0 Å². The lowest BCUT2D eigenvalue weighted by atomic mass is 10.3. The summed E-state index contributed by atoms with van der Waals surface area (Å²) in [5.74, 6) is 0.473. The predicted molar refractivity (Wildman–Crippen MR) is 62.7 cm³/mol. The van der Waals surface area contributed by atoms with Crippen molar-refractivity contribution in [2.45, 2.75) is 13.0 Å². The van der Waals surface area contributed by atoms with Crippen molar-refractivity contribution in [1.82, 2.24) is 15.1 Å². The Hall–Kier alpha value is -1.67. The van der Waals surface area contributed by atoms with E-state index in [0.29, 0.717) is 51.2 Å². The molecular weight excluding hydrogens is 238 g/mol. The molecule has 1 fully saturated rings. The standard InChI is InChI=1S/C10H17N5O3/c11-7-8-13-14-10(18-8)12-2-1-9(16)15-3-5-17-6-4-15/h1-7,11H2,(H,12,14). The lowest BCUT2D eigenvalue weighted by Gasteiger charge is -2.26. The topological polar surface area (TPSA) is 107 Å². The number of morpholine rings is 1. The van der Waals surface area contributed by atoms with Crippen molar-refractivity contribution in [2.24, 2.45) is 5.73 Å². The van der Waals surface area contributed by atoms with Crippen molar-refractivity contribution < 1.29 is 13.9 Å². The van der Waals surface area contributed by atoms with Crippen LogP contribution in [0.4, 0.5) is 6.01 Å². The van der Waals surface area contributed by atoms with Crippen molar-refractivity contribution in [3.8, 4) is 0 Å². The summed E-state index contributed by atoms with van der Waals surface area (Å²) in [5, 5.41) is 10.3. The van der Waals surface area contributed by atoms with Crippen molar-refractivity contribution in [3.05, 3.63) is 5.89 Å². The highest BCUT2D eigenvalue weighted by Gasteiger charge is 2.16. The van der Waals surface area contributed by atoms with Crippen molar-refractivity contribution >= 4 is 11.9 Å². The summed E-state index contributed by atoms with van der Waals surface area (Å²) < 4.78 is 10.3. The van der Waals surface area contributed by atoms with Crippen LogP contribution in [0.15, 0.2) is 4.42 Å². The van der Waals surface area contributed by atoms with Crippen LogP contribution in [0.3, 0.4) is 0 Å². The Morgan fingerprint density at radius 3 is 2.83 bits per heavy atom. The molecule has 8 heteroatoms. The summed E-state index contributed by atoms with van der Waals surface area (Å²) in [6.45, 7) is 3.22. The lowest BCUT2D eigenvalue weighted by molar-refractivity contribution is -0.134. The first-order valence-electron chi connectivity index (χ1n) is 5.91. The van der Waals surface area contributed by atoms with Crippen LogP contribution in [-0.2, 0) is 16.1 Å². The fourth-order valence-electron chi connectivity index (χ4n) is 1.65. The molecule has 0 spiro atoms. The number of hydrogen-bond donors (Lipinski definition) is 2. The van der Waals surface area contributed by atoms with Crippen LogP contribution in [0, 0.1) is 0 Å². The van der Waals surface area contributed by atoms with Gasteiger partial charge in [-0.15, -0.1) is 5.10 Å². The second-order valence-electron chi connectivity index (χ2n) is 3.88. The first kappa shape index (κ1) is 12.8. The maximum Gasteiger partial charge on any atom is 0.315 e. The van der Waals surface area contributed by atoms with Crippen LogP contribution in [0.1, 0.15) is 12.3 Å². The second kappa shape index (κ2) is 6.31. The van der Waals surface area contributed by atoms with Crippen molar-refractivity contribution in [1.29, 1.82) is 0 Å². The summed E-state index contributed by atoms with van der Waals surface area (Å²) in [4.78, 5) is 13.6. The van der Waals surface area contributed by atoms with E-state index in [1.807, 2.05) is 0 Å². The van der Waals surface area contributed by atoms with E-state index in [2.05, 4.69) is 15.5 Å². The zero-order valence-corrected chi connectivity index (χ0v) is 10.1. The molecular formula is C10H17N5O3. The molecule has 0 aromatic carbocycles. The Labute approximate surface area is 104 Å². The number of carbonyl (C=O) groups is 1. The maximum atomic E-state index is 11.8. The van der Waals surface area contributed by atoms with E-state index in [4.69, 9.17) is 14.9 Å². The van der Waals surface area contributed by atoms with E-state index in [9.17, 15) is 4.79 Å². The smallest absolute Gasteiger partial charge is 0.315 e. The first-order chi connectivity index (χ1) is 8.79. The maximum absolute atomic E-state index is 11.8. The number of nitrogens with zero attached hydrogens (tertiary/aromatic N) is 3. The molecule has 8 nitrogen and oxygen atoms in total. The average molecular weight is 255 g/mol. The molecule has 3 N–H and O–H groups in total. The molecule has 2 heterocycles. The van der Waals surface area contributed by atoms with Gasteiger partial charge in [0.15, 0.2) is 0 Å². The highest BCUT2D eigenvalue weighted by atomic mass is 16.5. The van der Waals surface area contributed by atoms with Gasteiger partial charge in [0.2, 0.25) is 11.8 Å². The zero-order chi connectivity index (χ0) is 12.8. The van der Waals surface area contributed by atoms with E-state index < -0.39 is 0 Å². The normalized spacial score (nSPS) is 15.7. The molecule has 18 heavy (non-hydrogen) atoms. The third kappa shape index (κ3) is 3.41. The molecule has 1 aromatic heterocycles. The SMILES string of the molecule is NCc1nnc(NCCC(=O)N2CCOCC2)o1. The number of rotatable bonds is 5. The Morgan fingerprint density at radius 1 is 1.39 bits per heavy atom. The van der Waals surface area contributed by atoms with Gasteiger partial charge in [-0.2, -0.15) is 0 Å². The number of nitrogens with one attached hydrogen (secondary N) is 1. The fraction of sp³-hybridized carbons (Fsp3) is 0.700. The number of nitrogens with two attached hydrogens (primary N) is 1. The Morgan fingerprint density at radius 2 is 2.17 bits per heavy atom. The number of anilines is 1. The number of carbonyl (C=O) groups excluding carboxylic acids is 1. The van der Waals surface area contributed by atoms with Crippen molar-refractivity contribution in [3.63, 3.8) is 0 Å². The highest BCUT2D eigenvalue weighted by molar-refractivity contribution is 5.76. The molecule has 1 amide bonds. The number of ether oxygens (including phenoxy) is 1. The molecule has 100 valence electrons. The molecule has 0 radical (unpaired) electrons. The fourth-order valence-corrected chi connectivity index (χ4v) is 1.65. The van der Waals surface area contributed by atoms with E-state index in [1.54, 1.807) is 4.90 Å². The minimum Gasteiger partial charge on any atom is -0.407 e. The molecule has 0 atom stereocenters. The van der Waals surface area contributed by atoms with E-state index in [-0.39, 0.29) is 12.5 Å². The van der Waals surface area contributed by atoms with Gasteiger partial charge in [-0.1, -0.05) is 5.10 Å². The predicted octanol–water partition coefficient (Wildman–Crippen LogP) is -0.811. The van der Waals surface area contributed by atoms with E-state index in [0.717, 1.165) is 0 Å². The molecule has 1 aromatic rings.